The van der Waals surface area contributed by atoms with Gasteiger partial charge < -0.3 is 9.64 Å². The first kappa shape index (κ1) is 19.5. The van der Waals surface area contributed by atoms with Gasteiger partial charge in [-0.15, -0.1) is 12.3 Å². The normalized spacial score (nSPS) is 11.9. The van der Waals surface area contributed by atoms with Gasteiger partial charge in [0, 0.05) is 13.0 Å². The van der Waals surface area contributed by atoms with Gasteiger partial charge in [-0.3, -0.25) is 0 Å². The second-order valence-electron chi connectivity index (χ2n) is 5.34. The highest BCUT2D eigenvalue weighted by molar-refractivity contribution is 6.31. The van der Waals surface area contributed by atoms with E-state index in [-0.39, 0.29) is 28.4 Å². The summed E-state index contributed by atoms with van der Waals surface area (Å²) in [6, 6.07) is -0.549. The molecule has 0 N–H and O–H groups in total. The highest BCUT2D eigenvalue weighted by Gasteiger charge is 2.30. The molecule has 0 amide bonds. The van der Waals surface area contributed by atoms with E-state index in [2.05, 4.69) is 20.9 Å². The fourth-order valence-electron chi connectivity index (χ4n) is 2.12. The minimum absolute atomic E-state index is 0.0323. The smallest absolute Gasteiger partial charge is 0.328 e. The molecular formula is C15H20Cl2N4O2. The molecule has 0 radical (unpaired) electrons. The molecular weight excluding hydrogens is 339 g/mol. The Morgan fingerprint density at radius 2 is 1.91 bits per heavy atom. The first-order valence-electron chi connectivity index (χ1n) is 7.24. The molecule has 0 bridgehead atoms. The lowest BCUT2D eigenvalue weighted by Crippen LogP contribution is -2.44. The van der Waals surface area contributed by atoms with Crippen molar-refractivity contribution in [1.29, 1.82) is 0 Å². The Balaban J connectivity index is 3.18. The van der Waals surface area contributed by atoms with Gasteiger partial charge in [-0.2, -0.15) is 15.0 Å². The Labute approximate surface area is 146 Å². The highest BCUT2D eigenvalue weighted by Crippen LogP contribution is 2.21. The predicted octanol–water partition coefficient (Wildman–Crippen LogP) is 2.99. The second-order valence-corrected chi connectivity index (χ2v) is 6.02. The summed E-state index contributed by atoms with van der Waals surface area (Å²) in [6.45, 7) is 4.51. The molecule has 126 valence electrons. The van der Waals surface area contributed by atoms with Crippen LogP contribution in [0.4, 0.5) is 5.95 Å². The zero-order chi connectivity index (χ0) is 17.4. The third kappa shape index (κ3) is 6.20. The average molecular weight is 359 g/mol. The maximum atomic E-state index is 12.2. The number of anilines is 1. The summed E-state index contributed by atoms with van der Waals surface area (Å²) in [7, 11) is 1.35. The van der Waals surface area contributed by atoms with E-state index in [9.17, 15) is 4.79 Å². The van der Waals surface area contributed by atoms with Crippen LogP contribution in [0.3, 0.4) is 0 Å². The monoisotopic (exact) mass is 358 g/mol. The van der Waals surface area contributed by atoms with Crippen LogP contribution >= 0.6 is 23.2 Å². The van der Waals surface area contributed by atoms with E-state index >= 15 is 0 Å². The van der Waals surface area contributed by atoms with Gasteiger partial charge in [0.1, 0.15) is 6.04 Å². The van der Waals surface area contributed by atoms with Gasteiger partial charge in [0.05, 0.1) is 7.11 Å². The zero-order valence-corrected chi connectivity index (χ0v) is 14.9. The molecule has 1 heterocycles. The van der Waals surface area contributed by atoms with E-state index < -0.39 is 6.04 Å². The minimum Gasteiger partial charge on any atom is -0.467 e. The maximum Gasteiger partial charge on any atom is 0.328 e. The van der Waals surface area contributed by atoms with Crippen molar-refractivity contribution < 1.29 is 9.53 Å². The van der Waals surface area contributed by atoms with Crippen molar-refractivity contribution >= 4 is 35.1 Å². The summed E-state index contributed by atoms with van der Waals surface area (Å²) >= 11 is 11.7. The molecule has 0 aromatic carbocycles. The molecule has 0 aliphatic heterocycles. The van der Waals surface area contributed by atoms with Gasteiger partial charge in [-0.25, -0.2) is 4.79 Å². The van der Waals surface area contributed by atoms with E-state index in [1.807, 2.05) is 13.8 Å². The lowest BCUT2D eigenvalue weighted by Gasteiger charge is -2.30. The molecule has 8 heteroatoms. The fraction of sp³-hybridized carbons (Fsp3) is 0.600. The quantitative estimate of drug-likeness (QED) is 0.404. The van der Waals surface area contributed by atoms with Crippen molar-refractivity contribution in [3.8, 4) is 12.3 Å². The standard InChI is InChI=1S/C15H20Cl2N4O2/c1-5-6-7-8-21(11(9-10(2)3)12(22)23-4)15-19-13(16)18-14(17)20-15/h1,10-11H,6-9H2,2-4H3/t11-/m1/s1. The summed E-state index contributed by atoms with van der Waals surface area (Å²) in [5.41, 5.74) is 0. The van der Waals surface area contributed by atoms with Crippen molar-refractivity contribution in [2.45, 2.75) is 39.2 Å². The van der Waals surface area contributed by atoms with Crippen LogP contribution in [0.25, 0.3) is 0 Å². The molecule has 1 atom stereocenters. The van der Waals surface area contributed by atoms with Gasteiger partial charge in [-0.1, -0.05) is 13.8 Å². The predicted molar refractivity (Wildman–Crippen MR) is 90.5 cm³/mol. The van der Waals surface area contributed by atoms with Gasteiger partial charge in [0.2, 0.25) is 16.5 Å². The van der Waals surface area contributed by atoms with Crippen LogP contribution < -0.4 is 4.90 Å². The maximum absolute atomic E-state index is 12.2. The molecule has 6 nitrogen and oxygen atoms in total. The summed E-state index contributed by atoms with van der Waals surface area (Å²) < 4.78 is 4.92. The number of halogens is 2. The summed E-state index contributed by atoms with van der Waals surface area (Å²) in [4.78, 5) is 25.8. The van der Waals surface area contributed by atoms with Crippen LogP contribution in [-0.2, 0) is 9.53 Å². The van der Waals surface area contributed by atoms with E-state index in [1.54, 1.807) is 4.90 Å². The molecule has 1 aromatic rings. The second kappa shape index (κ2) is 9.53. The summed E-state index contributed by atoms with van der Waals surface area (Å²) in [5.74, 6) is 2.71. The van der Waals surface area contributed by atoms with Crippen LogP contribution in [0.5, 0.6) is 0 Å². The number of terminal acetylenes is 1. The third-order valence-corrected chi connectivity index (χ3v) is 3.43. The van der Waals surface area contributed by atoms with Crippen LogP contribution in [0.15, 0.2) is 0 Å². The number of aromatic nitrogens is 3. The van der Waals surface area contributed by atoms with Crippen molar-refractivity contribution in [1.82, 2.24) is 15.0 Å². The SMILES string of the molecule is C#CCCCN(c1nc(Cl)nc(Cl)n1)[C@H](CC(C)C)C(=O)OC. The molecule has 0 spiro atoms. The van der Waals surface area contributed by atoms with E-state index in [0.29, 0.717) is 25.8 Å². The van der Waals surface area contributed by atoms with Crippen molar-refractivity contribution in [2.75, 3.05) is 18.6 Å². The number of carbonyl (C=O) groups is 1. The van der Waals surface area contributed by atoms with Gasteiger partial charge in [0.25, 0.3) is 0 Å². The largest absolute Gasteiger partial charge is 0.467 e. The van der Waals surface area contributed by atoms with E-state index in [4.69, 9.17) is 34.4 Å². The molecule has 0 fully saturated rings. The first-order chi connectivity index (χ1) is 10.9. The van der Waals surface area contributed by atoms with Crippen LogP contribution in [0.2, 0.25) is 10.6 Å². The minimum atomic E-state index is -0.549. The molecule has 1 rings (SSSR count). The lowest BCUT2D eigenvalue weighted by molar-refractivity contribution is -0.142. The molecule has 0 saturated carbocycles. The molecule has 1 aromatic heterocycles. The van der Waals surface area contributed by atoms with E-state index in [0.717, 1.165) is 0 Å². The Bertz CT molecular complexity index is 555. The van der Waals surface area contributed by atoms with Crippen LogP contribution in [0, 0.1) is 18.3 Å². The number of ether oxygens (including phenoxy) is 1. The number of hydrogen-bond acceptors (Lipinski definition) is 6. The molecule has 0 saturated heterocycles. The Morgan fingerprint density at radius 3 is 2.39 bits per heavy atom. The fourth-order valence-corrected chi connectivity index (χ4v) is 2.48. The van der Waals surface area contributed by atoms with Crippen LogP contribution in [0.1, 0.15) is 33.1 Å². The molecule has 0 unspecified atom stereocenters. The lowest BCUT2D eigenvalue weighted by atomic mass is 10.0. The van der Waals surface area contributed by atoms with Gasteiger partial charge in [-0.05, 0) is 42.0 Å². The number of nitrogens with zero attached hydrogens (tertiary/aromatic N) is 4. The number of hydrogen-bond donors (Lipinski definition) is 0. The Morgan fingerprint density at radius 1 is 1.30 bits per heavy atom. The Hall–Kier alpha value is -1.58. The average Bonchev–Trinajstić information content (AvgIpc) is 2.47. The molecule has 0 aliphatic rings. The van der Waals surface area contributed by atoms with Crippen molar-refractivity contribution in [3.05, 3.63) is 10.6 Å². The number of carbonyl (C=O) groups excluding carboxylic acids is 1. The summed E-state index contributed by atoms with van der Waals surface area (Å²) in [5, 5.41) is -0.0646. The first-order valence-corrected chi connectivity index (χ1v) is 7.99. The molecule has 23 heavy (non-hydrogen) atoms. The Kier molecular flexibility index (Phi) is 8.07. The number of rotatable bonds is 8. The molecule has 0 aliphatic carbocycles. The van der Waals surface area contributed by atoms with Crippen molar-refractivity contribution in [3.63, 3.8) is 0 Å². The third-order valence-electron chi connectivity index (χ3n) is 3.09. The zero-order valence-electron chi connectivity index (χ0n) is 13.4. The summed E-state index contributed by atoms with van der Waals surface area (Å²) in [6.07, 6.45) is 7.11. The van der Waals surface area contributed by atoms with Gasteiger partial charge >= 0.3 is 5.97 Å². The number of methoxy groups -OCH3 is 1. The van der Waals surface area contributed by atoms with E-state index in [1.165, 1.54) is 7.11 Å². The van der Waals surface area contributed by atoms with Gasteiger partial charge in [0.15, 0.2) is 0 Å². The number of unbranched alkanes of at least 4 members (excludes halogenated alkanes) is 1. The topological polar surface area (TPSA) is 68.2 Å². The van der Waals surface area contributed by atoms with Crippen LogP contribution in [-0.4, -0.2) is 40.6 Å². The van der Waals surface area contributed by atoms with Crippen molar-refractivity contribution in [2.24, 2.45) is 5.92 Å². The number of esters is 1. The highest BCUT2D eigenvalue weighted by atomic mass is 35.5.